The molecule has 2 aromatic carbocycles. The molecule has 0 atom stereocenters. The lowest BCUT2D eigenvalue weighted by Crippen LogP contribution is -2.32. The number of methoxy groups -OCH3 is 1. The lowest BCUT2D eigenvalue weighted by atomic mass is 10.2. The highest BCUT2D eigenvalue weighted by atomic mass is 35.5. The zero-order valence-corrected chi connectivity index (χ0v) is 18.3. The Morgan fingerprint density at radius 3 is 2.45 bits per heavy atom. The van der Waals surface area contributed by atoms with Gasteiger partial charge < -0.3 is 14.8 Å². The van der Waals surface area contributed by atoms with Crippen LogP contribution in [0.15, 0.2) is 53.2 Å². The van der Waals surface area contributed by atoms with E-state index in [0.717, 1.165) is 23.3 Å². The molecule has 0 radical (unpaired) electrons. The number of hydrogen-bond donors (Lipinski definition) is 1. The summed E-state index contributed by atoms with van der Waals surface area (Å²) in [4.78, 5) is 38.7. The molecule has 1 aliphatic rings. The predicted octanol–water partition coefficient (Wildman–Crippen LogP) is 4.40. The van der Waals surface area contributed by atoms with Crippen molar-refractivity contribution >= 4 is 40.8 Å². The smallest absolute Gasteiger partial charge is 0.338 e. The number of ether oxygens (including phenoxy) is 2. The van der Waals surface area contributed by atoms with Crippen LogP contribution >= 0.6 is 11.6 Å². The highest BCUT2D eigenvalue weighted by Crippen LogP contribution is 2.33. The summed E-state index contributed by atoms with van der Waals surface area (Å²) in [7, 11) is 1.51. The average molecular weight is 443 g/mol. The fraction of sp³-hybridized carbons (Fsp3) is 0.261. The van der Waals surface area contributed by atoms with Gasteiger partial charge in [0.15, 0.2) is 0 Å². The third kappa shape index (κ3) is 4.72. The Balaban J connectivity index is 1.80. The molecule has 0 spiro atoms. The minimum atomic E-state index is -0.654. The number of carbonyl (C=O) groups is 3. The van der Waals surface area contributed by atoms with Crippen molar-refractivity contribution in [2.45, 2.75) is 26.7 Å². The maximum atomic E-state index is 13.0. The Morgan fingerprint density at radius 2 is 1.81 bits per heavy atom. The van der Waals surface area contributed by atoms with Crippen molar-refractivity contribution in [2.24, 2.45) is 0 Å². The summed E-state index contributed by atoms with van der Waals surface area (Å²) in [6.07, 6.45) is 1.70. The van der Waals surface area contributed by atoms with Gasteiger partial charge in [0.2, 0.25) is 0 Å². The van der Waals surface area contributed by atoms with Crippen LogP contribution in [0.1, 0.15) is 35.7 Å². The van der Waals surface area contributed by atoms with E-state index in [9.17, 15) is 14.4 Å². The van der Waals surface area contributed by atoms with Crippen LogP contribution < -0.4 is 15.0 Å². The number of rotatable bonds is 8. The van der Waals surface area contributed by atoms with Crippen molar-refractivity contribution in [3.8, 4) is 5.75 Å². The number of halogens is 1. The van der Waals surface area contributed by atoms with Crippen LogP contribution in [0, 0.1) is 6.92 Å². The van der Waals surface area contributed by atoms with Crippen molar-refractivity contribution in [3.63, 3.8) is 0 Å². The molecule has 0 bridgehead atoms. The molecule has 0 unspecified atom stereocenters. The maximum absolute atomic E-state index is 13.0. The van der Waals surface area contributed by atoms with Crippen LogP contribution in [-0.2, 0) is 14.3 Å². The summed E-state index contributed by atoms with van der Waals surface area (Å²) in [6, 6.07) is 11.4. The monoisotopic (exact) mass is 442 g/mol. The lowest BCUT2D eigenvalue weighted by Gasteiger charge is -2.16. The summed E-state index contributed by atoms with van der Waals surface area (Å²) >= 11 is 6.20. The zero-order valence-electron chi connectivity index (χ0n) is 17.5. The van der Waals surface area contributed by atoms with Gasteiger partial charge in [0.05, 0.1) is 30.7 Å². The summed E-state index contributed by atoms with van der Waals surface area (Å²) in [6.45, 7) is 4.24. The number of amides is 2. The van der Waals surface area contributed by atoms with E-state index in [-0.39, 0.29) is 10.7 Å². The summed E-state index contributed by atoms with van der Waals surface area (Å²) in [5.74, 6) is -1.20. The Bertz CT molecular complexity index is 1050. The number of nitrogens with one attached hydrogen (secondary N) is 1. The van der Waals surface area contributed by atoms with E-state index in [1.807, 2.05) is 19.9 Å². The van der Waals surface area contributed by atoms with E-state index >= 15 is 0 Å². The Hall–Kier alpha value is -3.32. The number of carbonyl (C=O) groups excluding carboxylic acids is 3. The zero-order chi connectivity index (χ0) is 22.5. The summed E-state index contributed by atoms with van der Waals surface area (Å²) in [5.41, 5.74) is 2.05. The highest BCUT2D eigenvalue weighted by Gasteiger charge is 2.39. The van der Waals surface area contributed by atoms with Gasteiger partial charge in [-0.2, -0.15) is 0 Å². The van der Waals surface area contributed by atoms with Crippen LogP contribution in [0.5, 0.6) is 5.75 Å². The van der Waals surface area contributed by atoms with Crippen molar-refractivity contribution in [2.75, 3.05) is 23.9 Å². The van der Waals surface area contributed by atoms with Crippen molar-refractivity contribution < 1.29 is 23.9 Å². The normalized spacial score (nSPS) is 13.6. The van der Waals surface area contributed by atoms with Gasteiger partial charge in [0.1, 0.15) is 16.5 Å². The van der Waals surface area contributed by atoms with Crippen LogP contribution in [-0.4, -0.2) is 31.5 Å². The molecular weight excluding hydrogens is 420 g/mol. The third-order valence-corrected chi connectivity index (χ3v) is 5.08. The van der Waals surface area contributed by atoms with E-state index in [2.05, 4.69) is 5.32 Å². The van der Waals surface area contributed by atoms with Gasteiger partial charge in [0.25, 0.3) is 11.8 Å². The first-order chi connectivity index (χ1) is 14.9. The molecule has 2 amide bonds. The maximum Gasteiger partial charge on any atom is 0.338 e. The second-order valence-corrected chi connectivity index (χ2v) is 7.38. The minimum Gasteiger partial charge on any atom is -0.495 e. The Morgan fingerprint density at radius 1 is 1.10 bits per heavy atom. The van der Waals surface area contributed by atoms with Gasteiger partial charge in [-0.15, -0.1) is 0 Å². The van der Waals surface area contributed by atoms with Crippen molar-refractivity contribution in [1.82, 2.24) is 0 Å². The highest BCUT2D eigenvalue weighted by molar-refractivity contribution is 6.53. The van der Waals surface area contributed by atoms with Gasteiger partial charge in [-0.25, -0.2) is 9.69 Å². The quantitative estimate of drug-likeness (QED) is 0.370. The molecule has 1 heterocycles. The molecular formula is C23H23ClN2O5. The van der Waals surface area contributed by atoms with Crippen LogP contribution in [0.25, 0.3) is 0 Å². The standard InChI is InChI=1S/C23H23ClN2O5/c1-4-5-12-31-23(29)15-7-9-16(10-8-15)26-21(27)19(24)20(22(26)28)25-17-13-14(2)6-11-18(17)30-3/h6-11,13,25H,4-5,12H2,1-3H3. The number of nitrogens with zero attached hydrogens (tertiary/aromatic N) is 1. The first-order valence-electron chi connectivity index (χ1n) is 9.84. The van der Waals surface area contributed by atoms with E-state index in [4.69, 9.17) is 21.1 Å². The molecule has 1 N–H and O–H groups in total. The number of imide groups is 1. The van der Waals surface area contributed by atoms with E-state index in [1.165, 1.54) is 31.4 Å². The van der Waals surface area contributed by atoms with Crippen LogP contribution in [0.2, 0.25) is 0 Å². The fourth-order valence-corrected chi connectivity index (χ4v) is 3.25. The number of benzene rings is 2. The van der Waals surface area contributed by atoms with E-state index < -0.39 is 17.8 Å². The molecule has 3 rings (SSSR count). The number of esters is 1. The number of hydrogen-bond acceptors (Lipinski definition) is 6. The first kappa shape index (κ1) is 22.4. The van der Waals surface area contributed by atoms with Crippen LogP contribution in [0.3, 0.4) is 0 Å². The topological polar surface area (TPSA) is 84.9 Å². The molecule has 31 heavy (non-hydrogen) atoms. The molecule has 8 heteroatoms. The molecule has 0 fully saturated rings. The predicted molar refractivity (Wildman–Crippen MR) is 118 cm³/mol. The molecule has 0 aromatic heterocycles. The third-order valence-electron chi connectivity index (χ3n) is 4.73. The van der Waals surface area contributed by atoms with Gasteiger partial charge in [0, 0.05) is 0 Å². The van der Waals surface area contributed by atoms with Gasteiger partial charge in [-0.1, -0.05) is 31.0 Å². The van der Waals surface area contributed by atoms with E-state index in [0.29, 0.717) is 29.3 Å². The Labute approximate surface area is 185 Å². The lowest BCUT2D eigenvalue weighted by molar-refractivity contribution is -0.120. The second kappa shape index (κ2) is 9.66. The molecule has 2 aromatic rings. The minimum absolute atomic E-state index is 0.0429. The largest absolute Gasteiger partial charge is 0.495 e. The number of unbranched alkanes of at least 4 members (excludes halogenated alkanes) is 1. The number of aryl methyl sites for hydroxylation is 1. The first-order valence-corrected chi connectivity index (χ1v) is 10.2. The average Bonchev–Trinajstić information content (AvgIpc) is 2.97. The van der Waals surface area contributed by atoms with E-state index in [1.54, 1.807) is 12.1 Å². The van der Waals surface area contributed by atoms with Gasteiger partial charge in [-0.3, -0.25) is 9.59 Å². The summed E-state index contributed by atoms with van der Waals surface area (Å²) in [5, 5.41) is 2.70. The molecule has 0 saturated carbocycles. The van der Waals surface area contributed by atoms with Crippen molar-refractivity contribution in [1.29, 1.82) is 0 Å². The second-order valence-electron chi connectivity index (χ2n) is 7.00. The molecule has 0 saturated heterocycles. The van der Waals surface area contributed by atoms with Gasteiger partial charge in [-0.05, 0) is 55.3 Å². The van der Waals surface area contributed by atoms with Crippen molar-refractivity contribution in [3.05, 3.63) is 64.3 Å². The SMILES string of the molecule is CCCCOC(=O)c1ccc(N2C(=O)C(Cl)=C(Nc3cc(C)ccc3OC)C2=O)cc1. The molecule has 162 valence electrons. The molecule has 1 aliphatic heterocycles. The number of anilines is 2. The summed E-state index contributed by atoms with van der Waals surface area (Å²) < 4.78 is 10.5. The van der Waals surface area contributed by atoms with Crippen LogP contribution in [0.4, 0.5) is 11.4 Å². The fourth-order valence-electron chi connectivity index (χ4n) is 3.04. The molecule has 7 nitrogen and oxygen atoms in total. The van der Waals surface area contributed by atoms with Gasteiger partial charge >= 0.3 is 5.97 Å². The Kier molecular flexibility index (Phi) is 6.97. The molecule has 0 aliphatic carbocycles.